The van der Waals surface area contributed by atoms with Crippen LogP contribution < -0.4 is 14.2 Å². The van der Waals surface area contributed by atoms with Gasteiger partial charge in [-0.05, 0) is 47.5 Å². The molecule has 0 aromatic heterocycles. The number of carboxylic acid groups (broad SMARTS) is 1. The molecule has 0 saturated heterocycles. The summed E-state index contributed by atoms with van der Waals surface area (Å²) in [6.07, 6.45) is -0.753. The quantitative estimate of drug-likeness (QED) is 0.553. The van der Waals surface area contributed by atoms with Gasteiger partial charge in [0.05, 0.1) is 7.11 Å². The van der Waals surface area contributed by atoms with E-state index in [4.69, 9.17) is 14.2 Å². The van der Waals surface area contributed by atoms with Gasteiger partial charge in [-0.1, -0.05) is 42.5 Å². The van der Waals surface area contributed by atoms with Gasteiger partial charge in [0.15, 0.2) is 0 Å². The van der Waals surface area contributed by atoms with Crippen molar-refractivity contribution in [3.05, 3.63) is 90.0 Å². The predicted octanol–water partition coefficient (Wildman–Crippen LogP) is 4.36. The normalized spacial score (nSPS) is 10.2. The monoisotopic (exact) mass is 421 g/mol. The van der Waals surface area contributed by atoms with Gasteiger partial charge in [0, 0.05) is 6.54 Å². The molecular weight excluding hydrogens is 398 g/mol. The van der Waals surface area contributed by atoms with Crippen molar-refractivity contribution in [2.45, 2.75) is 13.2 Å². The number of amides is 1. The maximum absolute atomic E-state index is 12.5. The summed E-state index contributed by atoms with van der Waals surface area (Å²) in [7, 11) is 1.54. The number of carbonyl (C=O) groups excluding carboxylic acids is 1. The van der Waals surface area contributed by atoms with Gasteiger partial charge in [0.25, 0.3) is 0 Å². The largest absolute Gasteiger partial charge is 0.497 e. The molecule has 0 bridgehead atoms. The minimum atomic E-state index is -1.13. The smallest absolute Gasteiger partial charge is 0.416 e. The summed E-state index contributed by atoms with van der Waals surface area (Å²) >= 11 is 0. The highest BCUT2D eigenvalue weighted by Gasteiger charge is 2.19. The van der Waals surface area contributed by atoms with Crippen LogP contribution in [0.2, 0.25) is 0 Å². The molecular formula is C24H23NO6. The minimum Gasteiger partial charge on any atom is -0.497 e. The average molecular weight is 421 g/mol. The Hall–Kier alpha value is -4.00. The molecule has 3 rings (SSSR count). The zero-order valence-electron chi connectivity index (χ0n) is 17.1. The summed E-state index contributed by atoms with van der Waals surface area (Å²) in [5.74, 6) is 0.468. The summed E-state index contributed by atoms with van der Waals surface area (Å²) < 4.78 is 16.1. The van der Waals surface area contributed by atoms with E-state index in [1.54, 1.807) is 48.5 Å². The van der Waals surface area contributed by atoms with Gasteiger partial charge >= 0.3 is 12.1 Å². The van der Waals surface area contributed by atoms with Crippen LogP contribution in [0.1, 0.15) is 11.1 Å². The van der Waals surface area contributed by atoms with Gasteiger partial charge in [0.1, 0.15) is 30.4 Å². The van der Waals surface area contributed by atoms with E-state index in [0.29, 0.717) is 23.9 Å². The zero-order chi connectivity index (χ0) is 22.1. The number of methoxy groups -OCH3 is 1. The van der Waals surface area contributed by atoms with Crippen LogP contribution in [-0.2, 0) is 17.9 Å². The SMILES string of the molecule is COc1ccc(OC(=O)N(CC(=O)O)Cc2ccc(OCc3ccccc3)cc2)cc1. The number of ether oxygens (including phenoxy) is 3. The van der Waals surface area contributed by atoms with Gasteiger partial charge in [0.2, 0.25) is 0 Å². The first kappa shape index (κ1) is 21.7. The van der Waals surface area contributed by atoms with Crippen molar-refractivity contribution in [2.75, 3.05) is 13.7 Å². The van der Waals surface area contributed by atoms with Crippen molar-refractivity contribution in [1.29, 1.82) is 0 Å². The summed E-state index contributed by atoms with van der Waals surface area (Å²) in [5, 5.41) is 9.18. The van der Waals surface area contributed by atoms with E-state index in [0.717, 1.165) is 16.0 Å². The Bertz CT molecular complexity index is 987. The Balaban J connectivity index is 1.61. The van der Waals surface area contributed by atoms with Crippen molar-refractivity contribution in [3.63, 3.8) is 0 Å². The Labute approximate surface area is 180 Å². The number of benzene rings is 3. The predicted molar refractivity (Wildman–Crippen MR) is 114 cm³/mol. The molecule has 0 saturated carbocycles. The topological polar surface area (TPSA) is 85.3 Å². The second-order valence-corrected chi connectivity index (χ2v) is 6.71. The van der Waals surface area contributed by atoms with Crippen molar-refractivity contribution in [1.82, 2.24) is 4.90 Å². The molecule has 0 spiro atoms. The molecule has 0 fully saturated rings. The van der Waals surface area contributed by atoms with E-state index >= 15 is 0 Å². The van der Waals surface area contributed by atoms with E-state index in [9.17, 15) is 14.7 Å². The van der Waals surface area contributed by atoms with Crippen LogP contribution in [0, 0.1) is 0 Å². The highest BCUT2D eigenvalue weighted by Crippen LogP contribution is 2.19. The molecule has 3 aromatic carbocycles. The van der Waals surface area contributed by atoms with Gasteiger partial charge in [-0.25, -0.2) is 4.79 Å². The molecule has 0 aliphatic rings. The Morgan fingerprint density at radius 3 is 2.03 bits per heavy atom. The number of nitrogens with zero attached hydrogens (tertiary/aromatic N) is 1. The second kappa shape index (κ2) is 10.7. The van der Waals surface area contributed by atoms with Gasteiger partial charge in [-0.2, -0.15) is 0 Å². The van der Waals surface area contributed by atoms with Gasteiger partial charge in [-0.3, -0.25) is 9.69 Å². The lowest BCUT2D eigenvalue weighted by Gasteiger charge is -2.20. The fraction of sp³-hybridized carbons (Fsp3) is 0.167. The van der Waals surface area contributed by atoms with E-state index < -0.39 is 18.6 Å². The highest BCUT2D eigenvalue weighted by atomic mass is 16.6. The summed E-state index contributed by atoms with van der Waals surface area (Å²) in [5.41, 5.74) is 1.81. The van der Waals surface area contributed by atoms with E-state index in [-0.39, 0.29) is 6.54 Å². The molecule has 0 aliphatic carbocycles. The molecule has 0 aliphatic heterocycles. The summed E-state index contributed by atoms with van der Waals surface area (Å²) in [6.45, 7) is 0.0427. The lowest BCUT2D eigenvalue weighted by molar-refractivity contribution is -0.138. The fourth-order valence-corrected chi connectivity index (χ4v) is 2.81. The maximum Gasteiger partial charge on any atom is 0.416 e. The maximum atomic E-state index is 12.5. The van der Waals surface area contributed by atoms with Crippen molar-refractivity contribution >= 4 is 12.1 Å². The second-order valence-electron chi connectivity index (χ2n) is 6.71. The number of carboxylic acids is 1. The van der Waals surface area contributed by atoms with Crippen LogP contribution in [0.4, 0.5) is 4.79 Å². The highest BCUT2D eigenvalue weighted by molar-refractivity contribution is 5.78. The molecule has 1 amide bonds. The average Bonchev–Trinajstić information content (AvgIpc) is 2.79. The van der Waals surface area contributed by atoms with Gasteiger partial charge in [-0.15, -0.1) is 0 Å². The molecule has 0 heterocycles. The Morgan fingerprint density at radius 1 is 0.806 bits per heavy atom. The van der Waals surface area contributed by atoms with Crippen LogP contribution in [0.3, 0.4) is 0 Å². The Morgan fingerprint density at radius 2 is 1.42 bits per heavy atom. The van der Waals surface area contributed by atoms with Gasteiger partial charge < -0.3 is 19.3 Å². The number of aliphatic carboxylic acids is 1. The van der Waals surface area contributed by atoms with E-state index in [1.807, 2.05) is 30.3 Å². The molecule has 3 aromatic rings. The first-order chi connectivity index (χ1) is 15.0. The lowest BCUT2D eigenvalue weighted by Crippen LogP contribution is -2.37. The summed E-state index contributed by atoms with van der Waals surface area (Å²) in [4.78, 5) is 24.9. The molecule has 0 unspecified atom stereocenters. The molecule has 31 heavy (non-hydrogen) atoms. The van der Waals surface area contributed by atoms with Crippen LogP contribution in [0.15, 0.2) is 78.9 Å². The Kier molecular flexibility index (Phi) is 7.48. The lowest BCUT2D eigenvalue weighted by atomic mass is 10.2. The van der Waals surface area contributed by atoms with Crippen LogP contribution >= 0.6 is 0 Å². The van der Waals surface area contributed by atoms with Crippen LogP contribution in [0.25, 0.3) is 0 Å². The molecule has 1 N–H and O–H groups in total. The van der Waals surface area contributed by atoms with Crippen LogP contribution in [-0.4, -0.2) is 35.7 Å². The first-order valence-corrected chi connectivity index (χ1v) is 9.62. The summed E-state index contributed by atoms with van der Waals surface area (Å²) in [6, 6.07) is 23.4. The van der Waals surface area contributed by atoms with Crippen molar-refractivity contribution in [3.8, 4) is 17.2 Å². The minimum absolute atomic E-state index is 0.0836. The third-order valence-electron chi connectivity index (χ3n) is 4.39. The van der Waals surface area contributed by atoms with E-state index in [2.05, 4.69) is 0 Å². The standard InChI is InChI=1S/C24H23NO6/c1-29-20-11-13-22(14-12-20)31-24(28)25(16-23(26)27)15-18-7-9-21(10-8-18)30-17-19-5-3-2-4-6-19/h2-14H,15-17H2,1H3,(H,26,27). The number of carbonyl (C=O) groups is 2. The first-order valence-electron chi connectivity index (χ1n) is 9.62. The number of hydrogen-bond donors (Lipinski definition) is 1. The molecule has 160 valence electrons. The third kappa shape index (κ3) is 6.78. The molecule has 0 atom stereocenters. The molecule has 7 heteroatoms. The molecule has 0 radical (unpaired) electrons. The van der Waals surface area contributed by atoms with Crippen molar-refractivity contribution in [2.24, 2.45) is 0 Å². The number of hydrogen-bond acceptors (Lipinski definition) is 5. The molecule has 7 nitrogen and oxygen atoms in total. The zero-order valence-corrected chi connectivity index (χ0v) is 17.1. The fourth-order valence-electron chi connectivity index (χ4n) is 2.81. The third-order valence-corrected chi connectivity index (χ3v) is 4.39. The van der Waals surface area contributed by atoms with Crippen molar-refractivity contribution < 1.29 is 28.9 Å². The number of rotatable bonds is 9. The van der Waals surface area contributed by atoms with E-state index in [1.165, 1.54) is 7.11 Å². The van der Waals surface area contributed by atoms with Crippen LogP contribution in [0.5, 0.6) is 17.2 Å².